The van der Waals surface area contributed by atoms with Gasteiger partial charge < -0.3 is 19.1 Å². The van der Waals surface area contributed by atoms with E-state index in [1.54, 1.807) is 4.90 Å². The Bertz CT molecular complexity index is 1080. The Kier molecular flexibility index (Phi) is 6.54. The normalized spacial score (nSPS) is 16.7. The first-order valence-corrected chi connectivity index (χ1v) is 10.6. The number of rotatable bonds is 5. The number of carbonyl (C=O) groups excluding carboxylic acids is 2. The number of benzene rings is 2. The number of carbonyl (C=O) groups is 2. The van der Waals surface area contributed by atoms with Crippen LogP contribution in [0.25, 0.3) is 0 Å². The molecule has 2 amide bonds. The molecule has 34 heavy (non-hydrogen) atoms. The molecule has 1 fully saturated rings. The third-order valence-electron chi connectivity index (χ3n) is 5.79. The number of amides is 2. The van der Waals surface area contributed by atoms with Gasteiger partial charge in [-0.1, -0.05) is 18.2 Å². The molecule has 7 nitrogen and oxygen atoms in total. The molecule has 2 aromatic rings. The quantitative estimate of drug-likeness (QED) is 0.586. The largest absolute Gasteiger partial charge is 0.496 e. The van der Waals surface area contributed by atoms with E-state index in [0.29, 0.717) is 12.8 Å². The summed E-state index contributed by atoms with van der Waals surface area (Å²) in [7, 11) is 1.23. The summed E-state index contributed by atoms with van der Waals surface area (Å²) in [4.78, 5) is 28.6. The lowest BCUT2D eigenvalue weighted by atomic mass is 10.00. The molecule has 0 spiro atoms. The van der Waals surface area contributed by atoms with Crippen molar-refractivity contribution in [1.29, 1.82) is 0 Å². The van der Waals surface area contributed by atoms with Crippen LogP contribution in [-0.4, -0.2) is 55.9 Å². The van der Waals surface area contributed by atoms with Crippen molar-refractivity contribution < 1.29 is 41.4 Å². The third-order valence-corrected chi connectivity index (χ3v) is 5.79. The number of hydrogen-bond acceptors (Lipinski definition) is 5. The van der Waals surface area contributed by atoms with Crippen molar-refractivity contribution in [3.8, 4) is 11.5 Å². The van der Waals surface area contributed by atoms with E-state index in [4.69, 9.17) is 9.47 Å². The molecular weight excluding hydrogens is 460 g/mol. The Morgan fingerprint density at radius 2 is 1.85 bits per heavy atom. The van der Waals surface area contributed by atoms with Crippen LogP contribution in [0.4, 0.5) is 28.0 Å². The highest BCUT2D eigenvalue weighted by molar-refractivity contribution is 5.97. The molecule has 2 heterocycles. The van der Waals surface area contributed by atoms with Crippen molar-refractivity contribution in [3.63, 3.8) is 0 Å². The lowest BCUT2D eigenvalue weighted by molar-refractivity contribution is -0.153. The Morgan fingerprint density at radius 3 is 2.53 bits per heavy atom. The van der Waals surface area contributed by atoms with Crippen molar-refractivity contribution >= 4 is 17.7 Å². The van der Waals surface area contributed by atoms with E-state index in [9.17, 15) is 27.2 Å². The second-order valence-corrected chi connectivity index (χ2v) is 7.96. The fraction of sp³-hybridized carbons (Fsp3) is 0.391. The van der Waals surface area contributed by atoms with E-state index >= 15 is 0 Å². The standard InChI is InChI=1S/C23H22F4N2O5/c1-32-19-11-20(34-13-23(25,26)27)17(24)10-16(19)21(30)28-8-6-15(7-9-28)29-18-5-3-2-4-14(18)12-33-22(29)31/h2-5,10-11,15H,6-9,12-13H2,1H3. The molecule has 0 aliphatic carbocycles. The van der Waals surface area contributed by atoms with Gasteiger partial charge in [0.05, 0.1) is 18.4 Å². The highest BCUT2D eigenvalue weighted by Crippen LogP contribution is 2.34. The van der Waals surface area contributed by atoms with Gasteiger partial charge in [0.2, 0.25) is 0 Å². The Hall–Kier alpha value is -3.50. The highest BCUT2D eigenvalue weighted by atomic mass is 19.4. The number of alkyl halides is 3. The van der Waals surface area contributed by atoms with Crippen LogP contribution in [0, 0.1) is 5.82 Å². The Labute approximate surface area is 192 Å². The van der Waals surface area contributed by atoms with Crippen LogP contribution in [0.2, 0.25) is 0 Å². The number of methoxy groups -OCH3 is 1. The van der Waals surface area contributed by atoms with Crippen LogP contribution >= 0.6 is 0 Å². The summed E-state index contributed by atoms with van der Waals surface area (Å²) < 4.78 is 66.5. The van der Waals surface area contributed by atoms with Crippen LogP contribution < -0.4 is 14.4 Å². The zero-order chi connectivity index (χ0) is 24.5. The number of fused-ring (bicyclic) bond motifs is 1. The molecule has 2 aromatic carbocycles. The van der Waals surface area contributed by atoms with E-state index < -0.39 is 36.4 Å². The lowest BCUT2D eigenvalue weighted by Crippen LogP contribution is -2.50. The molecule has 4 rings (SSSR count). The van der Waals surface area contributed by atoms with Crippen LogP contribution in [0.5, 0.6) is 11.5 Å². The van der Waals surface area contributed by atoms with Crippen molar-refractivity contribution in [2.75, 3.05) is 31.7 Å². The van der Waals surface area contributed by atoms with Crippen LogP contribution in [0.1, 0.15) is 28.8 Å². The second-order valence-electron chi connectivity index (χ2n) is 7.96. The first kappa shape index (κ1) is 23.7. The molecule has 0 saturated carbocycles. The fourth-order valence-electron chi connectivity index (χ4n) is 4.16. The molecule has 11 heteroatoms. The van der Waals surface area contributed by atoms with Crippen molar-refractivity contribution in [1.82, 2.24) is 4.90 Å². The third kappa shape index (κ3) is 4.87. The molecule has 2 aliphatic heterocycles. The van der Waals surface area contributed by atoms with Crippen LogP contribution in [-0.2, 0) is 11.3 Å². The molecule has 0 bridgehead atoms. The average molecular weight is 482 g/mol. The minimum absolute atomic E-state index is 0.0979. The summed E-state index contributed by atoms with van der Waals surface area (Å²) in [6.45, 7) is -0.897. The first-order chi connectivity index (χ1) is 16.2. The van der Waals surface area contributed by atoms with Crippen LogP contribution in [0.3, 0.4) is 0 Å². The van der Waals surface area contributed by atoms with Gasteiger partial charge in [0.1, 0.15) is 12.4 Å². The number of halogens is 4. The van der Waals surface area contributed by atoms with E-state index in [-0.39, 0.29) is 37.1 Å². The number of piperidine rings is 1. The zero-order valence-electron chi connectivity index (χ0n) is 18.2. The number of ether oxygens (including phenoxy) is 3. The second kappa shape index (κ2) is 9.40. The molecule has 0 atom stereocenters. The van der Waals surface area contributed by atoms with Gasteiger partial charge in [-0.05, 0) is 25.0 Å². The summed E-state index contributed by atoms with van der Waals surface area (Å²) in [6, 6.07) is 9.00. The summed E-state index contributed by atoms with van der Waals surface area (Å²) in [6.07, 6.45) is -4.15. The van der Waals surface area contributed by atoms with Gasteiger partial charge in [0, 0.05) is 30.8 Å². The molecule has 182 valence electrons. The van der Waals surface area contributed by atoms with Gasteiger partial charge in [-0.2, -0.15) is 13.2 Å². The van der Waals surface area contributed by atoms with Gasteiger partial charge in [-0.25, -0.2) is 9.18 Å². The molecule has 0 unspecified atom stereocenters. The first-order valence-electron chi connectivity index (χ1n) is 10.6. The molecule has 0 radical (unpaired) electrons. The summed E-state index contributed by atoms with van der Waals surface area (Å²) in [5, 5.41) is 0. The zero-order valence-corrected chi connectivity index (χ0v) is 18.2. The molecule has 1 saturated heterocycles. The van der Waals surface area contributed by atoms with Crippen LogP contribution in [0.15, 0.2) is 36.4 Å². The monoisotopic (exact) mass is 482 g/mol. The van der Waals surface area contributed by atoms with Gasteiger partial charge >= 0.3 is 12.3 Å². The number of para-hydroxylation sites is 1. The summed E-state index contributed by atoms with van der Waals surface area (Å²) in [5.41, 5.74) is 1.55. The van der Waals surface area contributed by atoms with Gasteiger partial charge in [-0.3, -0.25) is 9.69 Å². The van der Waals surface area contributed by atoms with E-state index in [1.807, 2.05) is 24.3 Å². The number of nitrogens with zero attached hydrogens (tertiary/aromatic N) is 2. The smallest absolute Gasteiger partial charge is 0.422 e. The summed E-state index contributed by atoms with van der Waals surface area (Å²) in [5.74, 6) is -2.39. The predicted octanol–water partition coefficient (Wildman–Crippen LogP) is 4.54. The highest BCUT2D eigenvalue weighted by Gasteiger charge is 2.36. The molecule has 0 N–H and O–H groups in total. The summed E-state index contributed by atoms with van der Waals surface area (Å²) >= 11 is 0. The van der Waals surface area contributed by atoms with E-state index in [1.165, 1.54) is 12.0 Å². The number of cyclic esters (lactones) is 1. The maximum atomic E-state index is 14.4. The molecule has 2 aliphatic rings. The lowest BCUT2D eigenvalue weighted by Gasteiger charge is -2.40. The SMILES string of the molecule is COc1cc(OCC(F)(F)F)c(F)cc1C(=O)N1CCC(N2C(=O)OCc3ccccc32)CC1. The maximum absolute atomic E-state index is 14.4. The number of anilines is 1. The van der Waals surface area contributed by atoms with Gasteiger partial charge in [0.15, 0.2) is 18.2 Å². The van der Waals surface area contributed by atoms with Gasteiger partial charge in [0.25, 0.3) is 5.91 Å². The molecular formula is C23H22F4N2O5. The van der Waals surface area contributed by atoms with E-state index in [0.717, 1.165) is 23.4 Å². The Morgan fingerprint density at radius 1 is 1.15 bits per heavy atom. The number of hydrogen-bond donors (Lipinski definition) is 0. The average Bonchev–Trinajstić information content (AvgIpc) is 2.82. The fourth-order valence-corrected chi connectivity index (χ4v) is 4.16. The van der Waals surface area contributed by atoms with Crippen molar-refractivity contribution in [2.45, 2.75) is 31.7 Å². The van der Waals surface area contributed by atoms with Gasteiger partial charge in [-0.15, -0.1) is 0 Å². The maximum Gasteiger partial charge on any atom is 0.422 e. The number of likely N-dealkylation sites (tertiary alicyclic amines) is 1. The minimum atomic E-state index is -4.64. The molecule has 0 aromatic heterocycles. The minimum Gasteiger partial charge on any atom is -0.496 e. The van der Waals surface area contributed by atoms with Crippen molar-refractivity contribution in [3.05, 3.63) is 53.3 Å². The van der Waals surface area contributed by atoms with E-state index in [2.05, 4.69) is 4.74 Å². The van der Waals surface area contributed by atoms with Crippen molar-refractivity contribution in [2.24, 2.45) is 0 Å². The topological polar surface area (TPSA) is 68.3 Å². The Balaban J connectivity index is 1.46. The predicted molar refractivity (Wildman–Crippen MR) is 113 cm³/mol.